The fraction of sp³-hybridized carbons (Fsp3) is 0.375. The molecule has 9 nitrogen and oxygen atoms in total. The SMILES string of the molecule is COc1cc(C(=O)NC[C@](O)(c2cc(C3(C(N)=O)CC3)c(F)c(-c3ccc(F)c(Cl)c3F)n2)C2CC2)cc(C=NC2CC2)c1N. The van der Waals surface area contributed by atoms with Crippen LogP contribution in [0.1, 0.15) is 65.7 Å². The predicted octanol–water partition coefficient (Wildman–Crippen LogP) is 4.54. The van der Waals surface area contributed by atoms with Crippen LogP contribution in [0.15, 0.2) is 35.3 Å². The van der Waals surface area contributed by atoms with Crippen molar-refractivity contribution in [3.05, 3.63) is 75.2 Å². The van der Waals surface area contributed by atoms with Crippen molar-refractivity contribution in [1.29, 1.82) is 0 Å². The third kappa shape index (κ3) is 5.61. The molecule has 6 rings (SSSR count). The van der Waals surface area contributed by atoms with Crippen LogP contribution in [0, 0.1) is 23.4 Å². The Kier molecular flexibility index (Phi) is 7.77. The number of methoxy groups -OCH3 is 1. The van der Waals surface area contributed by atoms with Crippen LogP contribution in [0.3, 0.4) is 0 Å². The van der Waals surface area contributed by atoms with Gasteiger partial charge in [0.05, 0.1) is 36.5 Å². The molecule has 1 heterocycles. The number of pyridine rings is 1. The predicted molar refractivity (Wildman–Crippen MR) is 162 cm³/mol. The standard InChI is InChI=1S/C32H31ClF3N5O4/c1-45-22-11-15(10-16(27(22)37)13-39-18-4-5-18)29(42)40-14-32(44,17-2-3-17)23-12-20(31(8-9-31)30(38)43)26(36)28(41-23)19-6-7-21(34)24(33)25(19)35/h6-7,10-13,17-18,44H,2-5,8-9,14,37H2,1H3,(H2,38,43)(H,40,42)/t32-/m1/s1. The summed E-state index contributed by atoms with van der Waals surface area (Å²) in [7, 11) is 1.42. The molecule has 0 spiro atoms. The molecule has 0 saturated heterocycles. The number of benzene rings is 2. The summed E-state index contributed by atoms with van der Waals surface area (Å²) in [6.07, 6.45) is 5.16. The zero-order valence-corrected chi connectivity index (χ0v) is 25.1. The molecule has 2 amide bonds. The van der Waals surface area contributed by atoms with E-state index in [1.165, 1.54) is 19.2 Å². The van der Waals surface area contributed by atoms with Gasteiger partial charge >= 0.3 is 0 Å². The molecule has 45 heavy (non-hydrogen) atoms. The highest BCUT2D eigenvalue weighted by Crippen LogP contribution is 2.52. The van der Waals surface area contributed by atoms with Crippen LogP contribution in [0.5, 0.6) is 5.75 Å². The van der Waals surface area contributed by atoms with Crippen molar-refractivity contribution >= 4 is 35.3 Å². The number of nitrogens with zero attached hydrogens (tertiary/aromatic N) is 2. The molecule has 3 aliphatic rings. The number of nitrogens with two attached hydrogens (primary N) is 2. The molecule has 1 aromatic heterocycles. The van der Waals surface area contributed by atoms with E-state index in [-0.39, 0.29) is 48.0 Å². The number of aliphatic imine (C=N–C) groups is 1. The van der Waals surface area contributed by atoms with Crippen LogP contribution in [0.25, 0.3) is 11.3 Å². The van der Waals surface area contributed by atoms with Crippen LogP contribution in [0.2, 0.25) is 5.02 Å². The van der Waals surface area contributed by atoms with E-state index in [2.05, 4.69) is 15.3 Å². The molecule has 3 fully saturated rings. The number of aliphatic hydroxyl groups is 1. The highest BCUT2D eigenvalue weighted by atomic mass is 35.5. The molecule has 0 bridgehead atoms. The van der Waals surface area contributed by atoms with E-state index < -0.39 is 62.5 Å². The van der Waals surface area contributed by atoms with E-state index in [4.69, 9.17) is 27.8 Å². The van der Waals surface area contributed by atoms with Gasteiger partial charge in [0.15, 0.2) is 11.6 Å². The molecule has 236 valence electrons. The Hall–Kier alpha value is -4.16. The molecule has 2 aromatic carbocycles. The van der Waals surface area contributed by atoms with Crippen LogP contribution in [-0.2, 0) is 15.8 Å². The highest BCUT2D eigenvalue weighted by molar-refractivity contribution is 6.31. The van der Waals surface area contributed by atoms with E-state index in [9.17, 15) is 19.1 Å². The Labute approximate surface area is 261 Å². The molecule has 3 saturated carbocycles. The Balaban J connectivity index is 1.39. The quantitative estimate of drug-likeness (QED) is 0.137. The maximum absolute atomic E-state index is 16.1. The minimum atomic E-state index is -1.85. The zero-order valence-electron chi connectivity index (χ0n) is 24.3. The van der Waals surface area contributed by atoms with Crippen molar-refractivity contribution in [3.63, 3.8) is 0 Å². The number of carbonyl (C=O) groups is 2. The summed E-state index contributed by atoms with van der Waals surface area (Å²) in [6, 6.07) is 6.35. The number of nitrogens with one attached hydrogen (secondary N) is 1. The van der Waals surface area contributed by atoms with Crippen molar-refractivity contribution in [2.45, 2.75) is 55.6 Å². The molecule has 13 heteroatoms. The first kappa shape index (κ1) is 30.8. The molecular weight excluding hydrogens is 611 g/mol. The van der Waals surface area contributed by atoms with Crippen molar-refractivity contribution < 1.29 is 32.6 Å². The van der Waals surface area contributed by atoms with E-state index in [1.807, 2.05) is 0 Å². The average molecular weight is 642 g/mol. The number of carbonyl (C=O) groups excluding carboxylic acids is 2. The van der Waals surface area contributed by atoms with E-state index in [0.717, 1.165) is 25.0 Å². The molecule has 0 radical (unpaired) electrons. The maximum Gasteiger partial charge on any atom is 0.251 e. The average Bonchev–Trinajstić information content (AvgIpc) is 3.87. The zero-order chi connectivity index (χ0) is 32.3. The van der Waals surface area contributed by atoms with E-state index in [1.54, 1.807) is 12.3 Å². The number of rotatable bonds is 11. The largest absolute Gasteiger partial charge is 0.495 e. The van der Waals surface area contributed by atoms with Crippen LogP contribution in [-0.4, -0.2) is 47.8 Å². The lowest BCUT2D eigenvalue weighted by atomic mass is 9.86. The van der Waals surface area contributed by atoms with Gasteiger partial charge in [-0.2, -0.15) is 0 Å². The summed E-state index contributed by atoms with van der Waals surface area (Å²) in [6.45, 7) is -0.359. The number of amides is 2. The number of ether oxygens (including phenoxy) is 1. The second kappa shape index (κ2) is 11.3. The monoisotopic (exact) mass is 641 g/mol. The number of nitrogen functional groups attached to an aromatic ring is 1. The summed E-state index contributed by atoms with van der Waals surface area (Å²) in [4.78, 5) is 34.6. The summed E-state index contributed by atoms with van der Waals surface area (Å²) in [5, 5.41) is 14.0. The molecule has 3 aromatic rings. The molecule has 3 aliphatic carbocycles. The van der Waals surface area contributed by atoms with Crippen LogP contribution < -0.4 is 21.5 Å². The smallest absolute Gasteiger partial charge is 0.251 e. The van der Waals surface area contributed by atoms with Crippen molar-refractivity contribution in [2.24, 2.45) is 16.6 Å². The summed E-state index contributed by atoms with van der Waals surface area (Å²) >= 11 is 5.80. The van der Waals surface area contributed by atoms with Gasteiger partial charge in [-0.25, -0.2) is 18.2 Å². The van der Waals surface area contributed by atoms with Gasteiger partial charge < -0.3 is 26.6 Å². The lowest BCUT2D eigenvalue weighted by Gasteiger charge is -2.30. The minimum Gasteiger partial charge on any atom is -0.495 e. The van der Waals surface area contributed by atoms with Gasteiger partial charge in [-0.3, -0.25) is 14.6 Å². The van der Waals surface area contributed by atoms with Crippen LogP contribution in [0.4, 0.5) is 18.9 Å². The Morgan fingerprint density at radius 3 is 2.49 bits per heavy atom. The number of aromatic nitrogens is 1. The Morgan fingerprint density at radius 1 is 1.18 bits per heavy atom. The summed E-state index contributed by atoms with van der Waals surface area (Å²) in [5.74, 6) is -4.82. The first-order chi connectivity index (χ1) is 21.4. The Morgan fingerprint density at radius 2 is 1.89 bits per heavy atom. The van der Waals surface area contributed by atoms with Gasteiger partial charge in [0.1, 0.15) is 27.9 Å². The molecule has 6 N–H and O–H groups in total. The molecular formula is C32H31ClF3N5O4. The van der Waals surface area contributed by atoms with Gasteiger partial charge in [-0.1, -0.05) is 11.6 Å². The summed E-state index contributed by atoms with van der Waals surface area (Å²) in [5.41, 5.74) is 8.34. The number of hydrogen-bond acceptors (Lipinski definition) is 7. The first-order valence-corrected chi connectivity index (χ1v) is 14.9. The fourth-order valence-corrected chi connectivity index (χ4v) is 5.71. The minimum absolute atomic E-state index is 0.101. The van der Waals surface area contributed by atoms with Crippen molar-refractivity contribution in [2.75, 3.05) is 19.4 Å². The van der Waals surface area contributed by atoms with Gasteiger partial charge in [-0.05, 0) is 74.8 Å². The second-order valence-electron chi connectivity index (χ2n) is 12.0. The number of hydrogen-bond donors (Lipinski definition) is 4. The molecule has 1 atom stereocenters. The number of anilines is 1. The highest BCUT2D eigenvalue weighted by Gasteiger charge is 2.54. The third-order valence-corrected chi connectivity index (χ3v) is 9.17. The second-order valence-corrected chi connectivity index (χ2v) is 12.3. The topological polar surface area (TPSA) is 153 Å². The fourth-order valence-electron chi connectivity index (χ4n) is 5.55. The van der Waals surface area contributed by atoms with Crippen LogP contribution >= 0.6 is 11.6 Å². The van der Waals surface area contributed by atoms with Gasteiger partial charge in [0.2, 0.25) is 5.91 Å². The molecule has 0 unspecified atom stereocenters. The normalized spacial score (nSPS) is 18.4. The van der Waals surface area contributed by atoms with Gasteiger partial charge in [-0.15, -0.1) is 0 Å². The third-order valence-electron chi connectivity index (χ3n) is 8.83. The lowest BCUT2D eigenvalue weighted by Crippen LogP contribution is -2.43. The van der Waals surface area contributed by atoms with Gasteiger partial charge in [0.25, 0.3) is 5.91 Å². The Bertz CT molecular complexity index is 1760. The van der Waals surface area contributed by atoms with Crippen molar-refractivity contribution in [3.8, 4) is 17.0 Å². The maximum atomic E-state index is 16.1. The number of halogens is 4. The number of primary amides is 1. The van der Waals surface area contributed by atoms with E-state index >= 15 is 8.78 Å². The lowest BCUT2D eigenvalue weighted by molar-refractivity contribution is -0.120. The van der Waals surface area contributed by atoms with Gasteiger partial charge in [0, 0.05) is 28.5 Å². The van der Waals surface area contributed by atoms with E-state index in [0.29, 0.717) is 24.1 Å². The first-order valence-electron chi connectivity index (χ1n) is 14.6. The molecule has 0 aliphatic heterocycles. The van der Waals surface area contributed by atoms with Crippen molar-refractivity contribution in [1.82, 2.24) is 10.3 Å². The summed E-state index contributed by atoms with van der Waals surface area (Å²) < 4.78 is 50.6.